The predicted molar refractivity (Wildman–Crippen MR) is 116 cm³/mol. The van der Waals surface area contributed by atoms with Crippen LogP contribution in [0.15, 0.2) is 109 Å². The lowest BCUT2D eigenvalue weighted by Gasteiger charge is -2.25. The number of benzene rings is 4. The van der Waals surface area contributed by atoms with Crippen LogP contribution in [0, 0.1) is 0 Å². The van der Waals surface area contributed by atoms with Gasteiger partial charge in [-0.25, -0.2) is 0 Å². The first-order chi connectivity index (χ1) is 13.7. The number of hydrogen-bond acceptors (Lipinski definition) is 2. The lowest BCUT2D eigenvalue weighted by molar-refractivity contribution is 0.103. The Hall–Kier alpha value is -3.36. The van der Waals surface area contributed by atoms with Crippen molar-refractivity contribution in [3.8, 4) is 0 Å². The smallest absolute Gasteiger partial charge is 0.193 e. The SMILES string of the molecule is O=C(c1ccc(Cl)cc1)c1ccc(N(c2ccccc2)c2ccccc2)cc1. The molecule has 3 heteroatoms. The van der Waals surface area contributed by atoms with Gasteiger partial charge in [-0.3, -0.25) is 4.79 Å². The summed E-state index contributed by atoms with van der Waals surface area (Å²) in [6.45, 7) is 0. The normalized spacial score (nSPS) is 10.5. The van der Waals surface area contributed by atoms with Crippen LogP contribution in [0.2, 0.25) is 5.02 Å². The van der Waals surface area contributed by atoms with E-state index in [0.29, 0.717) is 16.1 Å². The maximum Gasteiger partial charge on any atom is 0.193 e. The van der Waals surface area contributed by atoms with Gasteiger partial charge < -0.3 is 4.90 Å². The van der Waals surface area contributed by atoms with Crippen molar-refractivity contribution < 1.29 is 4.79 Å². The van der Waals surface area contributed by atoms with Gasteiger partial charge in [0.05, 0.1) is 0 Å². The highest BCUT2D eigenvalue weighted by Gasteiger charge is 2.14. The molecule has 0 spiro atoms. The molecule has 0 heterocycles. The second kappa shape index (κ2) is 8.12. The topological polar surface area (TPSA) is 20.3 Å². The molecule has 0 saturated heterocycles. The van der Waals surface area contributed by atoms with E-state index in [9.17, 15) is 4.79 Å². The van der Waals surface area contributed by atoms with Crippen molar-refractivity contribution in [3.05, 3.63) is 125 Å². The fourth-order valence-corrected chi connectivity index (χ4v) is 3.26. The van der Waals surface area contributed by atoms with Crippen LogP contribution >= 0.6 is 11.6 Å². The molecule has 0 bridgehead atoms. The standard InChI is InChI=1S/C25H18ClNO/c26-21-15-11-19(12-16-21)25(28)20-13-17-24(18-14-20)27(22-7-3-1-4-8-22)23-9-5-2-6-10-23/h1-18H. The molecule has 0 aliphatic carbocycles. The van der Waals surface area contributed by atoms with Crippen LogP contribution in [-0.2, 0) is 0 Å². The molecule has 0 fully saturated rings. The van der Waals surface area contributed by atoms with Crippen LogP contribution in [0.1, 0.15) is 15.9 Å². The van der Waals surface area contributed by atoms with E-state index in [1.807, 2.05) is 60.7 Å². The van der Waals surface area contributed by atoms with Crippen LogP contribution in [0.25, 0.3) is 0 Å². The highest BCUT2D eigenvalue weighted by atomic mass is 35.5. The van der Waals surface area contributed by atoms with E-state index < -0.39 is 0 Å². The molecule has 0 unspecified atom stereocenters. The van der Waals surface area contributed by atoms with Gasteiger partial charge in [-0.15, -0.1) is 0 Å². The van der Waals surface area contributed by atoms with E-state index in [1.54, 1.807) is 24.3 Å². The quantitative estimate of drug-likeness (QED) is 0.344. The number of halogens is 1. The Balaban J connectivity index is 1.69. The zero-order valence-electron chi connectivity index (χ0n) is 15.1. The Kier molecular flexibility index (Phi) is 5.22. The number of anilines is 3. The van der Waals surface area contributed by atoms with Gasteiger partial charge in [0.15, 0.2) is 5.78 Å². The summed E-state index contributed by atoms with van der Waals surface area (Å²) in [5, 5.41) is 0.619. The molecule has 0 atom stereocenters. The summed E-state index contributed by atoms with van der Waals surface area (Å²) in [4.78, 5) is 14.9. The molecular formula is C25H18ClNO. The van der Waals surface area contributed by atoms with Crippen LogP contribution in [0.5, 0.6) is 0 Å². The monoisotopic (exact) mass is 383 g/mol. The van der Waals surface area contributed by atoms with Gasteiger partial charge in [0.1, 0.15) is 0 Å². The van der Waals surface area contributed by atoms with Gasteiger partial charge in [0, 0.05) is 33.2 Å². The summed E-state index contributed by atoms with van der Waals surface area (Å²) in [5.74, 6) is -0.0193. The molecule has 4 aromatic carbocycles. The summed E-state index contributed by atoms with van der Waals surface area (Å²) >= 11 is 5.92. The first-order valence-electron chi connectivity index (χ1n) is 9.03. The number of hydrogen-bond donors (Lipinski definition) is 0. The molecule has 4 aromatic rings. The van der Waals surface area contributed by atoms with Gasteiger partial charge in [0.25, 0.3) is 0 Å². The largest absolute Gasteiger partial charge is 0.311 e. The van der Waals surface area contributed by atoms with Gasteiger partial charge in [-0.2, -0.15) is 0 Å². The Morgan fingerprint density at radius 3 is 1.39 bits per heavy atom. The average molecular weight is 384 g/mol. The van der Waals surface area contributed by atoms with E-state index in [2.05, 4.69) is 29.2 Å². The number of rotatable bonds is 5. The molecular weight excluding hydrogens is 366 g/mol. The highest BCUT2D eigenvalue weighted by Crippen LogP contribution is 2.34. The van der Waals surface area contributed by atoms with E-state index in [-0.39, 0.29) is 5.78 Å². The number of nitrogens with zero attached hydrogens (tertiary/aromatic N) is 1. The van der Waals surface area contributed by atoms with E-state index in [0.717, 1.165) is 17.1 Å². The average Bonchev–Trinajstić information content (AvgIpc) is 2.76. The number of carbonyl (C=O) groups is 1. The van der Waals surface area contributed by atoms with Crippen LogP contribution in [0.3, 0.4) is 0 Å². The molecule has 0 N–H and O–H groups in total. The molecule has 0 saturated carbocycles. The molecule has 28 heavy (non-hydrogen) atoms. The molecule has 0 aromatic heterocycles. The number of ketones is 1. The second-order valence-electron chi connectivity index (χ2n) is 6.39. The first kappa shape index (κ1) is 18.0. The number of carbonyl (C=O) groups excluding carboxylic acids is 1. The zero-order chi connectivity index (χ0) is 19.3. The lowest BCUT2D eigenvalue weighted by Crippen LogP contribution is -2.10. The summed E-state index contributed by atoms with van der Waals surface area (Å²) in [5.41, 5.74) is 4.38. The first-order valence-corrected chi connectivity index (χ1v) is 9.41. The van der Waals surface area contributed by atoms with Crippen molar-refractivity contribution in [2.75, 3.05) is 4.90 Å². The van der Waals surface area contributed by atoms with Crippen molar-refractivity contribution in [2.24, 2.45) is 0 Å². The minimum absolute atomic E-state index is 0.0193. The Morgan fingerprint density at radius 2 is 0.929 bits per heavy atom. The zero-order valence-corrected chi connectivity index (χ0v) is 15.9. The minimum Gasteiger partial charge on any atom is -0.311 e. The van der Waals surface area contributed by atoms with E-state index in [1.165, 1.54) is 0 Å². The van der Waals surface area contributed by atoms with Crippen molar-refractivity contribution in [1.29, 1.82) is 0 Å². The van der Waals surface area contributed by atoms with E-state index in [4.69, 9.17) is 11.6 Å². The van der Waals surface area contributed by atoms with Crippen LogP contribution in [-0.4, -0.2) is 5.78 Å². The minimum atomic E-state index is -0.0193. The fourth-order valence-electron chi connectivity index (χ4n) is 3.13. The lowest BCUT2D eigenvalue weighted by atomic mass is 10.0. The highest BCUT2D eigenvalue weighted by molar-refractivity contribution is 6.30. The molecule has 0 amide bonds. The second-order valence-corrected chi connectivity index (χ2v) is 6.83. The molecule has 0 radical (unpaired) electrons. The maximum absolute atomic E-state index is 12.7. The van der Waals surface area contributed by atoms with Gasteiger partial charge in [-0.05, 0) is 72.8 Å². The van der Waals surface area contributed by atoms with Gasteiger partial charge in [-0.1, -0.05) is 48.0 Å². The molecule has 2 nitrogen and oxygen atoms in total. The third-order valence-electron chi connectivity index (χ3n) is 4.52. The summed E-state index contributed by atoms with van der Waals surface area (Å²) in [6.07, 6.45) is 0. The van der Waals surface area contributed by atoms with Gasteiger partial charge >= 0.3 is 0 Å². The Morgan fingerprint density at radius 1 is 0.536 bits per heavy atom. The molecule has 0 aliphatic rings. The van der Waals surface area contributed by atoms with Crippen LogP contribution in [0.4, 0.5) is 17.1 Å². The van der Waals surface area contributed by atoms with E-state index >= 15 is 0 Å². The Bertz CT molecular complexity index is 1020. The summed E-state index contributed by atoms with van der Waals surface area (Å²) in [7, 11) is 0. The van der Waals surface area contributed by atoms with Crippen LogP contribution < -0.4 is 4.90 Å². The summed E-state index contributed by atoms with van der Waals surface area (Å²) < 4.78 is 0. The molecule has 0 aliphatic heterocycles. The van der Waals surface area contributed by atoms with Crippen molar-refractivity contribution in [3.63, 3.8) is 0 Å². The predicted octanol–water partition coefficient (Wildman–Crippen LogP) is 7.04. The maximum atomic E-state index is 12.7. The Labute approximate surface area is 169 Å². The van der Waals surface area contributed by atoms with Gasteiger partial charge in [0.2, 0.25) is 0 Å². The fraction of sp³-hybridized carbons (Fsp3) is 0. The number of para-hydroxylation sites is 2. The van der Waals surface area contributed by atoms with Crippen molar-refractivity contribution in [1.82, 2.24) is 0 Å². The third-order valence-corrected chi connectivity index (χ3v) is 4.77. The molecule has 4 rings (SSSR count). The third kappa shape index (κ3) is 3.83. The van der Waals surface area contributed by atoms with Crippen molar-refractivity contribution >= 4 is 34.4 Å². The summed E-state index contributed by atoms with van der Waals surface area (Å²) in [6, 6.07) is 35.0. The molecule has 136 valence electrons. The van der Waals surface area contributed by atoms with Crippen molar-refractivity contribution in [2.45, 2.75) is 0 Å².